The molecular weight excluding hydrogens is 222 g/mol. The standard InChI is InChI=1S/C11H21N3OS/c1-8-3-11(6-12,4-9(8)2)5-10-13-7-16(15)14-10/h8-9H,3-7,12H2,1-2H3,(H,13,14)/t8-,9-,16?/m1/s1. The third kappa shape index (κ3) is 2.30. The van der Waals surface area contributed by atoms with Gasteiger partial charge in [0.1, 0.15) is 22.7 Å². The van der Waals surface area contributed by atoms with E-state index in [1.165, 1.54) is 0 Å². The van der Waals surface area contributed by atoms with Gasteiger partial charge in [-0.25, -0.2) is 4.21 Å². The quantitative estimate of drug-likeness (QED) is 0.777. The summed E-state index contributed by atoms with van der Waals surface area (Å²) in [5, 5.41) is 0. The van der Waals surface area contributed by atoms with Gasteiger partial charge in [-0.05, 0) is 36.6 Å². The topological polar surface area (TPSA) is 67.5 Å². The fraction of sp³-hybridized carbons (Fsp3) is 0.909. The maximum atomic E-state index is 11.2. The molecule has 5 heteroatoms. The van der Waals surface area contributed by atoms with Crippen LogP contribution in [-0.4, -0.2) is 22.5 Å². The van der Waals surface area contributed by atoms with Crippen molar-refractivity contribution in [3.63, 3.8) is 0 Å². The highest BCUT2D eigenvalue weighted by atomic mass is 32.2. The molecule has 1 aliphatic heterocycles. The molecule has 92 valence electrons. The van der Waals surface area contributed by atoms with Crippen molar-refractivity contribution in [1.29, 1.82) is 0 Å². The van der Waals surface area contributed by atoms with E-state index in [1.54, 1.807) is 0 Å². The molecule has 0 radical (unpaired) electrons. The minimum atomic E-state index is -0.985. The lowest BCUT2D eigenvalue weighted by Gasteiger charge is -2.27. The molecule has 0 aromatic carbocycles. The van der Waals surface area contributed by atoms with Gasteiger partial charge in [0.2, 0.25) is 0 Å². The summed E-state index contributed by atoms with van der Waals surface area (Å²) in [6.45, 7) is 5.29. The molecular formula is C11H21N3OS. The summed E-state index contributed by atoms with van der Waals surface area (Å²) in [4.78, 5) is 4.27. The molecule has 1 saturated carbocycles. The van der Waals surface area contributed by atoms with Crippen LogP contribution in [0.2, 0.25) is 0 Å². The van der Waals surface area contributed by atoms with Gasteiger partial charge in [-0.1, -0.05) is 13.8 Å². The Morgan fingerprint density at radius 3 is 2.56 bits per heavy atom. The van der Waals surface area contributed by atoms with Crippen molar-refractivity contribution in [2.24, 2.45) is 28.0 Å². The summed E-state index contributed by atoms with van der Waals surface area (Å²) in [5.74, 6) is 2.76. The zero-order valence-corrected chi connectivity index (χ0v) is 10.8. The smallest absolute Gasteiger partial charge is 0.140 e. The van der Waals surface area contributed by atoms with Crippen LogP contribution in [-0.2, 0) is 11.0 Å². The van der Waals surface area contributed by atoms with E-state index in [9.17, 15) is 4.21 Å². The van der Waals surface area contributed by atoms with Crippen LogP contribution in [0.5, 0.6) is 0 Å². The van der Waals surface area contributed by atoms with Crippen molar-refractivity contribution in [1.82, 2.24) is 4.72 Å². The average molecular weight is 243 g/mol. The Morgan fingerprint density at radius 2 is 2.12 bits per heavy atom. The molecule has 0 saturated heterocycles. The van der Waals surface area contributed by atoms with Crippen molar-refractivity contribution in [3.05, 3.63) is 0 Å². The van der Waals surface area contributed by atoms with E-state index in [0.29, 0.717) is 12.4 Å². The maximum absolute atomic E-state index is 11.2. The fourth-order valence-electron chi connectivity index (χ4n) is 3.01. The summed E-state index contributed by atoms with van der Waals surface area (Å²) in [6.07, 6.45) is 3.19. The second-order valence-corrected chi connectivity index (χ2v) is 6.58. The molecule has 1 aliphatic carbocycles. The second kappa shape index (κ2) is 4.45. The first-order valence-electron chi connectivity index (χ1n) is 5.93. The Balaban J connectivity index is 2.03. The monoisotopic (exact) mass is 243 g/mol. The molecule has 0 amide bonds. The summed E-state index contributed by atoms with van der Waals surface area (Å²) in [6, 6.07) is 0. The summed E-state index contributed by atoms with van der Waals surface area (Å²) < 4.78 is 14.1. The van der Waals surface area contributed by atoms with E-state index in [0.717, 1.165) is 36.9 Å². The van der Waals surface area contributed by atoms with Gasteiger partial charge in [0, 0.05) is 6.42 Å². The lowest BCUT2D eigenvalue weighted by Crippen LogP contribution is -2.34. The molecule has 0 spiro atoms. The molecule has 1 unspecified atom stereocenters. The minimum Gasteiger partial charge on any atom is -0.330 e. The number of nitrogens with zero attached hydrogens (tertiary/aromatic N) is 1. The predicted molar refractivity (Wildman–Crippen MR) is 67.2 cm³/mol. The van der Waals surface area contributed by atoms with Crippen LogP contribution in [0.4, 0.5) is 0 Å². The van der Waals surface area contributed by atoms with E-state index in [2.05, 4.69) is 23.6 Å². The van der Waals surface area contributed by atoms with Crippen molar-refractivity contribution in [2.75, 3.05) is 12.4 Å². The first kappa shape index (κ1) is 12.0. The van der Waals surface area contributed by atoms with Crippen LogP contribution < -0.4 is 10.5 Å². The Morgan fingerprint density at radius 1 is 1.50 bits per heavy atom. The number of hydrogen-bond acceptors (Lipinski definition) is 3. The van der Waals surface area contributed by atoms with Crippen LogP contribution in [0.3, 0.4) is 0 Å². The van der Waals surface area contributed by atoms with E-state index in [1.807, 2.05) is 0 Å². The molecule has 2 aliphatic rings. The largest absolute Gasteiger partial charge is 0.330 e. The summed E-state index contributed by atoms with van der Waals surface area (Å²) in [7, 11) is -0.985. The number of hydrogen-bond donors (Lipinski definition) is 2. The third-order valence-electron chi connectivity index (χ3n) is 4.06. The van der Waals surface area contributed by atoms with Crippen LogP contribution in [0.1, 0.15) is 33.1 Å². The third-order valence-corrected chi connectivity index (χ3v) is 4.89. The van der Waals surface area contributed by atoms with Gasteiger partial charge in [0.05, 0.1) is 0 Å². The Kier molecular flexibility index (Phi) is 3.35. The molecule has 0 aromatic heterocycles. The lowest BCUT2D eigenvalue weighted by atomic mass is 9.81. The number of amidine groups is 1. The summed E-state index contributed by atoms with van der Waals surface area (Å²) in [5.41, 5.74) is 6.13. The van der Waals surface area contributed by atoms with Crippen LogP contribution in [0, 0.1) is 17.3 Å². The molecule has 4 nitrogen and oxygen atoms in total. The number of nitrogens with one attached hydrogen (secondary N) is 1. The molecule has 3 atom stereocenters. The van der Waals surface area contributed by atoms with Crippen molar-refractivity contribution in [3.8, 4) is 0 Å². The highest BCUT2D eigenvalue weighted by Crippen LogP contribution is 2.47. The van der Waals surface area contributed by atoms with Gasteiger partial charge >= 0.3 is 0 Å². The van der Waals surface area contributed by atoms with Gasteiger partial charge in [0.25, 0.3) is 0 Å². The Hall–Kier alpha value is -0.420. The molecule has 0 bridgehead atoms. The van der Waals surface area contributed by atoms with Gasteiger partial charge in [-0.3, -0.25) is 9.71 Å². The van der Waals surface area contributed by atoms with Gasteiger partial charge < -0.3 is 5.73 Å². The summed E-state index contributed by atoms with van der Waals surface area (Å²) >= 11 is 0. The first-order chi connectivity index (χ1) is 7.54. The van der Waals surface area contributed by atoms with Gasteiger partial charge in [0.15, 0.2) is 0 Å². The van der Waals surface area contributed by atoms with E-state index in [4.69, 9.17) is 5.73 Å². The second-order valence-electron chi connectivity index (χ2n) is 5.43. The predicted octanol–water partition coefficient (Wildman–Crippen LogP) is 1.01. The first-order valence-corrected chi connectivity index (χ1v) is 7.25. The lowest BCUT2D eigenvalue weighted by molar-refractivity contribution is 0.306. The Bertz CT molecular complexity index is 319. The highest BCUT2D eigenvalue weighted by Gasteiger charge is 2.41. The van der Waals surface area contributed by atoms with Crippen LogP contribution >= 0.6 is 0 Å². The van der Waals surface area contributed by atoms with Crippen molar-refractivity contribution in [2.45, 2.75) is 33.1 Å². The van der Waals surface area contributed by atoms with Gasteiger partial charge in [-0.2, -0.15) is 0 Å². The van der Waals surface area contributed by atoms with Crippen molar-refractivity contribution < 1.29 is 4.21 Å². The maximum Gasteiger partial charge on any atom is 0.140 e. The average Bonchev–Trinajstić information content (AvgIpc) is 2.74. The zero-order valence-electron chi connectivity index (χ0n) is 10.0. The van der Waals surface area contributed by atoms with Crippen LogP contribution in [0.25, 0.3) is 0 Å². The molecule has 0 aromatic rings. The molecule has 1 heterocycles. The SMILES string of the molecule is C[C@@H]1CC(CN)(CC2=NCS(=O)N2)C[C@H]1C. The van der Waals surface area contributed by atoms with Crippen molar-refractivity contribution >= 4 is 16.8 Å². The van der Waals surface area contributed by atoms with E-state index >= 15 is 0 Å². The number of rotatable bonds is 3. The highest BCUT2D eigenvalue weighted by molar-refractivity contribution is 7.83. The Labute approximate surface area is 99.7 Å². The number of aliphatic imine (C=N–C) groups is 1. The van der Waals surface area contributed by atoms with Crippen LogP contribution in [0.15, 0.2) is 4.99 Å². The van der Waals surface area contributed by atoms with E-state index in [-0.39, 0.29) is 5.41 Å². The molecule has 2 rings (SSSR count). The normalized spacial score (nSPS) is 37.2. The van der Waals surface area contributed by atoms with E-state index < -0.39 is 11.0 Å². The number of nitrogens with two attached hydrogens (primary N) is 1. The van der Waals surface area contributed by atoms with Gasteiger partial charge in [-0.15, -0.1) is 0 Å². The zero-order chi connectivity index (χ0) is 11.8. The molecule has 1 fully saturated rings. The molecule has 16 heavy (non-hydrogen) atoms. The minimum absolute atomic E-state index is 0.180. The fourth-order valence-corrected chi connectivity index (χ4v) is 3.75. The molecule has 3 N–H and O–H groups in total.